The Balaban J connectivity index is 1.59. The molecule has 3 rings (SSSR count). The summed E-state index contributed by atoms with van der Waals surface area (Å²) in [4.78, 5) is 24.1. The normalized spacial score (nSPS) is 10.5. The first-order valence-corrected chi connectivity index (χ1v) is 11.6. The zero-order valence-electron chi connectivity index (χ0n) is 19.3. The van der Waals surface area contributed by atoms with Gasteiger partial charge in [-0.05, 0) is 60.5 Å². The van der Waals surface area contributed by atoms with Crippen LogP contribution < -0.4 is 20.2 Å². The molecule has 2 N–H and O–H groups in total. The maximum Gasteiger partial charge on any atom is 0.329 e. The van der Waals surface area contributed by atoms with E-state index in [1.165, 1.54) is 6.21 Å². The van der Waals surface area contributed by atoms with Gasteiger partial charge in [-0.2, -0.15) is 10.4 Å². The summed E-state index contributed by atoms with van der Waals surface area (Å²) in [7, 11) is 0. The molecule has 0 atom stereocenters. The summed E-state index contributed by atoms with van der Waals surface area (Å²) in [5.74, 6) is -0.867. The quantitative estimate of drug-likeness (QED) is 0.229. The summed E-state index contributed by atoms with van der Waals surface area (Å²) in [6.45, 7) is 2.39. The van der Waals surface area contributed by atoms with Crippen LogP contribution in [0.2, 0.25) is 10.0 Å². The predicted octanol–water partition coefficient (Wildman–Crippen LogP) is 5.13. The number of carbonyl (C=O) groups excluding carboxylic acids is 2. The Hall–Kier alpha value is -4.06. The second-order valence-electron chi connectivity index (χ2n) is 7.31. The lowest BCUT2D eigenvalue weighted by molar-refractivity contribution is -0.136. The molecular weight excluding hydrogens is 503 g/mol. The van der Waals surface area contributed by atoms with Crippen LogP contribution >= 0.6 is 23.2 Å². The minimum Gasteiger partial charge on any atom is -0.490 e. The van der Waals surface area contributed by atoms with Gasteiger partial charge in [0.1, 0.15) is 6.61 Å². The number of anilines is 1. The van der Waals surface area contributed by atoms with Crippen molar-refractivity contribution in [3.8, 4) is 17.6 Å². The third-order valence-electron chi connectivity index (χ3n) is 4.78. The highest BCUT2D eigenvalue weighted by atomic mass is 35.5. The lowest BCUT2D eigenvalue weighted by Gasteiger charge is -2.14. The van der Waals surface area contributed by atoms with E-state index in [4.69, 9.17) is 37.9 Å². The molecule has 0 radical (unpaired) electrons. The van der Waals surface area contributed by atoms with Gasteiger partial charge in [-0.3, -0.25) is 9.59 Å². The number of nitrogens with one attached hydrogen (secondary N) is 2. The summed E-state index contributed by atoms with van der Waals surface area (Å²) in [5, 5.41) is 16.0. The Morgan fingerprint density at radius 2 is 1.72 bits per heavy atom. The Kier molecular flexibility index (Phi) is 9.69. The molecule has 0 saturated heterocycles. The second kappa shape index (κ2) is 13.1. The van der Waals surface area contributed by atoms with Gasteiger partial charge in [0.05, 0.1) is 25.3 Å². The van der Waals surface area contributed by atoms with Crippen molar-refractivity contribution in [1.29, 1.82) is 5.26 Å². The fraction of sp³-hybridized carbons (Fsp3) is 0.154. The van der Waals surface area contributed by atoms with Gasteiger partial charge in [0.25, 0.3) is 0 Å². The number of nitriles is 1. The van der Waals surface area contributed by atoms with Crippen LogP contribution in [0, 0.1) is 11.3 Å². The Bertz CT molecular complexity index is 1280. The lowest BCUT2D eigenvalue weighted by Crippen LogP contribution is -2.32. The first-order valence-electron chi connectivity index (χ1n) is 10.8. The molecule has 3 aromatic rings. The molecule has 184 valence electrons. The van der Waals surface area contributed by atoms with E-state index in [0.717, 1.165) is 5.56 Å². The summed E-state index contributed by atoms with van der Waals surface area (Å²) in [6, 6.07) is 19.0. The molecule has 0 saturated carbocycles. The number of amides is 2. The molecule has 0 aromatic heterocycles. The van der Waals surface area contributed by atoms with Gasteiger partial charge in [0.2, 0.25) is 0 Å². The highest BCUT2D eigenvalue weighted by molar-refractivity contribution is 6.39. The van der Waals surface area contributed by atoms with Crippen LogP contribution in [0.3, 0.4) is 0 Å². The van der Waals surface area contributed by atoms with E-state index >= 15 is 0 Å². The van der Waals surface area contributed by atoms with Crippen LogP contribution in [0.15, 0.2) is 65.8 Å². The number of benzene rings is 3. The molecule has 0 bridgehead atoms. The van der Waals surface area contributed by atoms with Crippen LogP contribution in [0.1, 0.15) is 23.6 Å². The van der Waals surface area contributed by atoms with Crippen LogP contribution in [-0.2, 0) is 22.6 Å². The molecule has 36 heavy (non-hydrogen) atoms. The Labute approximate surface area is 218 Å². The maximum atomic E-state index is 12.1. The van der Waals surface area contributed by atoms with Crippen molar-refractivity contribution in [1.82, 2.24) is 5.43 Å². The van der Waals surface area contributed by atoms with E-state index in [0.29, 0.717) is 45.0 Å². The molecule has 0 aliphatic heterocycles. The average Bonchev–Trinajstić information content (AvgIpc) is 2.86. The number of nitrogens with zero attached hydrogens (tertiary/aromatic N) is 2. The number of rotatable bonds is 9. The van der Waals surface area contributed by atoms with Crippen molar-refractivity contribution >= 4 is 46.9 Å². The molecule has 2 amide bonds. The molecule has 3 aromatic carbocycles. The van der Waals surface area contributed by atoms with Crippen LogP contribution in [0.4, 0.5) is 5.69 Å². The van der Waals surface area contributed by atoms with Crippen molar-refractivity contribution in [2.75, 3.05) is 11.9 Å². The first-order chi connectivity index (χ1) is 17.4. The van der Waals surface area contributed by atoms with Crippen molar-refractivity contribution in [3.63, 3.8) is 0 Å². The van der Waals surface area contributed by atoms with Gasteiger partial charge >= 0.3 is 11.8 Å². The molecule has 10 heteroatoms. The average molecular weight is 525 g/mol. The van der Waals surface area contributed by atoms with Crippen molar-refractivity contribution in [3.05, 3.63) is 87.4 Å². The molecule has 0 aliphatic rings. The van der Waals surface area contributed by atoms with E-state index in [1.54, 1.807) is 60.7 Å². The largest absolute Gasteiger partial charge is 0.490 e. The van der Waals surface area contributed by atoms with E-state index in [2.05, 4.69) is 15.8 Å². The summed E-state index contributed by atoms with van der Waals surface area (Å²) < 4.78 is 11.5. The minimum absolute atomic E-state index is 0.151. The van der Waals surface area contributed by atoms with Crippen molar-refractivity contribution in [2.45, 2.75) is 20.0 Å². The highest BCUT2D eigenvalue weighted by Crippen LogP contribution is 2.31. The lowest BCUT2D eigenvalue weighted by atomic mass is 10.1. The molecular formula is C26H22Cl2N4O4. The third kappa shape index (κ3) is 7.47. The smallest absolute Gasteiger partial charge is 0.329 e. The maximum absolute atomic E-state index is 12.1. The zero-order valence-corrected chi connectivity index (χ0v) is 20.8. The number of hydrogen-bond acceptors (Lipinski definition) is 6. The van der Waals surface area contributed by atoms with Crippen LogP contribution in [0.25, 0.3) is 0 Å². The minimum atomic E-state index is -0.936. The second-order valence-corrected chi connectivity index (χ2v) is 8.13. The van der Waals surface area contributed by atoms with Crippen molar-refractivity contribution < 1.29 is 19.1 Å². The van der Waals surface area contributed by atoms with Crippen molar-refractivity contribution in [2.24, 2.45) is 5.10 Å². The van der Waals surface area contributed by atoms with Gasteiger partial charge in [0.15, 0.2) is 11.5 Å². The topological polar surface area (TPSA) is 113 Å². The standard InChI is InChI=1S/C26H22Cl2N4O4/c1-2-35-24-14-18(8-11-23(24)36-16-20-21(27)4-3-5-22(20)28)15-30-32-26(34)25(33)31-19-9-6-17(7-10-19)12-13-29/h3-11,14-15H,2,12,16H2,1H3,(H,31,33)(H,32,34). The monoisotopic (exact) mass is 524 g/mol. The SMILES string of the molecule is CCOc1cc(C=NNC(=O)C(=O)Nc2ccc(CC#N)cc2)ccc1OCc1c(Cl)cccc1Cl. The van der Waals surface area contributed by atoms with Gasteiger partial charge in [-0.1, -0.05) is 41.4 Å². The fourth-order valence-corrected chi connectivity index (χ4v) is 3.52. The number of carbonyl (C=O) groups is 2. The van der Waals surface area contributed by atoms with Gasteiger partial charge in [-0.25, -0.2) is 5.43 Å². The molecule has 0 unspecified atom stereocenters. The number of ether oxygens (including phenoxy) is 2. The van der Waals surface area contributed by atoms with Crippen LogP contribution in [0.5, 0.6) is 11.5 Å². The highest BCUT2D eigenvalue weighted by Gasteiger charge is 2.13. The first kappa shape index (κ1) is 26.5. The van der Waals surface area contributed by atoms with Crippen LogP contribution in [-0.4, -0.2) is 24.6 Å². The number of hydrazone groups is 1. The summed E-state index contributed by atoms with van der Waals surface area (Å²) in [5.41, 5.74) is 4.68. The molecule has 0 aliphatic carbocycles. The van der Waals surface area contributed by atoms with E-state index in [-0.39, 0.29) is 13.0 Å². The van der Waals surface area contributed by atoms with Gasteiger partial charge in [-0.15, -0.1) is 0 Å². The third-order valence-corrected chi connectivity index (χ3v) is 5.49. The number of halogens is 2. The van der Waals surface area contributed by atoms with E-state index in [1.807, 2.05) is 13.0 Å². The molecule has 8 nitrogen and oxygen atoms in total. The fourth-order valence-electron chi connectivity index (χ4n) is 3.01. The molecule has 0 fully saturated rings. The summed E-state index contributed by atoms with van der Waals surface area (Å²) >= 11 is 12.4. The Morgan fingerprint density at radius 3 is 2.39 bits per heavy atom. The zero-order chi connectivity index (χ0) is 25.9. The number of hydrogen-bond donors (Lipinski definition) is 2. The van der Waals surface area contributed by atoms with E-state index in [9.17, 15) is 9.59 Å². The van der Waals surface area contributed by atoms with Gasteiger partial charge < -0.3 is 14.8 Å². The van der Waals surface area contributed by atoms with E-state index < -0.39 is 11.8 Å². The Morgan fingerprint density at radius 1 is 1.00 bits per heavy atom. The molecule has 0 spiro atoms. The predicted molar refractivity (Wildman–Crippen MR) is 139 cm³/mol. The molecule has 0 heterocycles. The summed E-state index contributed by atoms with van der Waals surface area (Å²) in [6.07, 6.45) is 1.64. The van der Waals surface area contributed by atoms with Gasteiger partial charge in [0, 0.05) is 21.3 Å².